The van der Waals surface area contributed by atoms with Crippen LogP contribution in [-0.2, 0) is 13.0 Å². The molecule has 0 unspecified atom stereocenters. The summed E-state index contributed by atoms with van der Waals surface area (Å²) < 4.78 is 2.04. The highest BCUT2D eigenvalue weighted by molar-refractivity contribution is 6.31. The Morgan fingerprint density at radius 3 is 2.72 bits per heavy atom. The lowest BCUT2D eigenvalue weighted by Crippen LogP contribution is -2.38. The van der Waals surface area contributed by atoms with Crippen LogP contribution in [0.25, 0.3) is 0 Å². The number of aliphatic imine (C=N–C) groups is 1. The third-order valence-corrected chi connectivity index (χ3v) is 4.26. The Morgan fingerprint density at radius 1 is 1.24 bits per heavy atom. The van der Waals surface area contributed by atoms with E-state index in [0.29, 0.717) is 0 Å². The summed E-state index contributed by atoms with van der Waals surface area (Å²) in [4.78, 5) is 4.64. The van der Waals surface area contributed by atoms with Crippen molar-refractivity contribution in [2.75, 3.05) is 19.6 Å². The molecule has 0 amide bonds. The zero-order valence-corrected chi connectivity index (χ0v) is 16.1. The number of nitrogens with zero attached hydrogens (tertiary/aromatic N) is 3. The number of hydrogen-bond donors (Lipinski definition) is 2. The second kappa shape index (κ2) is 10.1. The second-order valence-electron chi connectivity index (χ2n) is 6.03. The average Bonchev–Trinajstić information content (AvgIpc) is 2.90. The first-order valence-corrected chi connectivity index (χ1v) is 9.24. The lowest BCUT2D eigenvalue weighted by molar-refractivity contribution is 0.567. The topological polar surface area (TPSA) is 54.2 Å². The summed E-state index contributed by atoms with van der Waals surface area (Å²) in [5.74, 6) is 0.850. The lowest BCUT2D eigenvalue weighted by atomic mass is 10.1. The van der Waals surface area contributed by atoms with Crippen LogP contribution in [-0.4, -0.2) is 35.4 Å². The molecule has 0 bridgehead atoms. The van der Waals surface area contributed by atoms with Crippen molar-refractivity contribution in [3.8, 4) is 0 Å². The summed E-state index contributed by atoms with van der Waals surface area (Å²) in [5, 5.41) is 11.9. The molecule has 0 aliphatic heterocycles. The van der Waals surface area contributed by atoms with Crippen molar-refractivity contribution in [1.82, 2.24) is 20.4 Å². The molecule has 0 fully saturated rings. The van der Waals surface area contributed by atoms with Gasteiger partial charge in [-0.15, -0.1) is 0 Å². The van der Waals surface area contributed by atoms with Crippen LogP contribution >= 0.6 is 11.6 Å². The first kappa shape index (κ1) is 19.3. The molecule has 25 heavy (non-hydrogen) atoms. The van der Waals surface area contributed by atoms with Crippen molar-refractivity contribution >= 4 is 17.6 Å². The molecule has 1 aromatic heterocycles. The summed E-state index contributed by atoms with van der Waals surface area (Å²) in [7, 11) is 0. The summed E-state index contributed by atoms with van der Waals surface area (Å²) in [6.07, 6.45) is 1.83. The van der Waals surface area contributed by atoms with Gasteiger partial charge in [0.25, 0.3) is 0 Å². The number of halogens is 1. The van der Waals surface area contributed by atoms with Gasteiger partial charge in [-0.3, -0.25) is 9.67 Å². The van der Waals surface area contributed by atoms with E-state index in [4.69, 9.17) is 11.6 Å². The molecule has 0 aliphatic rings. The third kappa shape index (κ3) is 6.42. The molecule has 6 heteroatoms. The quantitative estimate of drug-likeness (QED) is 0.430. The summed E-state index contributed by atoms with van der Waals surface area (Å²) >= 11 is 6.19. The molecule has 1 aromatic carbocycles. The number of hydrogen-bond acceptors (Lipinski definition) is 2. The minimum absolute atomic E-state index is 0.764. The second-order valence-corrected chi connectivity index (χ2v) is 6.44. The Balaban J connectivity index is 1.77. The predicted molar refractivity (Wildman–Crippen MR) is 105 cm³/mol. The Hall–Kier alpha value is -2.01. The van der Waals surface area contributed by atoms with Gasteiger partial charge in [0.15, 0.2) is 5.96 Å². The highest BCUT2D eigenvalue weighted by Gasteiger charge is 2.02. The van der Waals surface area contributed by atoms with E-state index in [9.17, 15) is 0 Å². The van der Waals surface area contributed by atoms with Crippen LogP contribution in [0.2, 0.25) is 5.02 Å². The molecule has 0 atom stereocenters. The van der Waals surface area contributed by atoms with Crippen LogP contribution in [0.15, 0.2) is 35.3 Å². The van der Waals surface area contributed by atoms with E-state index < -0.39 is 0 Å². The molecule has 2 N–H and O–H groups in total. The molecule has 0 radical (unpaired) electrons. The SMILES string of the molecule is CCNC(=NCCCn1nc(C)cc1C)NCCc1ccccc1Cl. The lowest BCUT2D eigenvalue weighted by Gasteiger charge is -2.12. The zero-order valence-electron chi connectivity index (χ0n) is 15.3. The fraction of sp³-hybridized carbons (Fsp3) is 0.474. The average molecular weight is 362 g/mol. The van der Waals surface area contributed by atoms with E-state index in [2.05, 4.69) is 46.7 Å². The molecule has 2 rings (SSSR count). The van der Waals surface area contributed by atoms with Gasteiger partial charge >= 0.3 is 0 Å². The largest absolute Gasteiger partial charge is 0.357 e. The number of rotatable bonds is 8. The van der Waals surface area contributed by atoms with Gasteiger partial charge in [-0.05, 0) is 51.3 Å². The maximum absolute atomic E-state index is 6.19. The van der Waals surface area contributed by atoms with Crippen molar-refractivity contribution < 1.29 is 0 Å². The standard InChI is InChI=1S/C19H28ClN5/c1-4-21-19(23-12-10-17-8-5-6-9-18(17)20)22-11-7-13-25-16(3)14-15(2)24-25/h5-6,8-9,14H,4,7,10-13H2,1-3H3,(H2,21,22,23). The van der Waals surface area contributed by atoms with Crippen LogP contribution in [0.1, 0.15) is 30.3 Å². The Kier molecular flexibility index (Phi) is 7.79. The van der Waals surface area contributed by atoms with Gasteiger partial charge in [0.05, 0.1) is 5.69 Å². The first-order valence-electron chi connectivity index (χ1n) is 8.86. The van der Waals surface area contributed by atoms with E-state index >= 15 is 0 Å². The number of aryl methyl sites for hydroxylation is 3. The van der Waals surface area contributed by atoms with E-state index in [0.717, 1.165) is 61.3 Å². The van der Waals surface area contributed by atoms with Crippen molar-refractivity contribution in [1.29, 1.82) is 0 Å². The summed E-state index contributed by atoms with van der Waals surface area (Å²) in [6, 6.07) is 10.0. The van der Waals surface area contributed by atoms with Crippen LogP contribution in [0.5, 0.6) is 0 Å². The normalized spacial score (nSPS) is 11.6. The highest BCUT2D eigenvalue weighted by Crippen LogP contribution is 2.14. The molecular weight excluding hydrogens is 334 g/mol. The van der Waals surface area contributed by atoms with Crippen LogP contribution in [0.4, 0.5) is 0 Å². The Labute approximate surface area is 155 Å². The third-order valence-electron chi connectivity index (χ3n) is 3.89. The van der Waals surface area contributed by atoms with Crippen LogP contribution < -0.4 is 10.6 Å². The van der Waals surface area contributed by atoms with Crippen LogP contribution in [0.3, 0.4) is 0 Å². The monoisotopic (exact) mass is 361 g/mol. The van der Waals surface area contributed by atoms with Gasteiger partial charge in [-0.2, -0.15) is 5.10 Å². The molecule has 136 valence electrons. The van der Waals surface area contributed by atoms with Gasteiger partial charge in [-0.1, -0.05) is 29.8 Å². The van der Waals surface area contributed by atoms with Crippen molar-refractivity contribution in [3.05, 3.63) is 52.3 Å². The van der Waals surface area contributed by atoms with Crippen molar-refractivity contribution in [3.63, 3.8) is 0 Å². The van der Waals surface area contributed by atoms with E-state index in [1.807, 2.05) is 29.8 Å². The van der Waals surface area contributed by atoms with Gasteiger partial charge < -0.3 is 10.6 Å². The van der Waals surface area contributed by atoms with Crippen LogP contribution in [0, 0.1) is 13.8 Å². The minimum Gasteiger partial charge on any atom is -0.357 e. The van der Waals surface area contributed by atoms with Gasteiger partial charge in [-0.25, -0.2) is 0 Å². The summed E-state index contributed by atoms with van der Waals surface area (Å²) in [5.41, 5.74) is 3.42. The van der Waals surface area contributed by atoms with E-state index in [1.54, 1.807) is 0 Å². The maximum Gasteiger partial charge on any atom is 0.191 e. The number of aromatic nitrogens is 2. The van der Waals surface area contributed by atoms with E-state index in [1.165, 1.54) is 5.69 Å². The maximum atomic E-state index is 6.19. The molecule has 0 saturated carbocycles. The summed E-state index contributed by atoms with van der Waals surface area (Å²) in [6.45, 7) is 9.48. The Bertz CT molecular complexity index is 693. The molecule has 1 heterocycles. The van der Waals surface area contributed by atoms with Gasteiger partial charge in [0.1, 0.15) is 0 Å². The van der Waals surface area contributed by atoms with Crippen molar-refractivity contribution in [2.45, 2.75) is 40.2 Å². The zero-order chi connectivity index (χ0) is 18.1. The minimum atomic E-state index is 0.764. The molecule has 0 spiro atoms. The number of benzene rings is 1. The predicted octanol–water partition coefficient (Wildman–Crippen LogP) is 3.34. The van der Waals surface area contributed by atoms with Crippen molar-refractivity contribution in [2.24, 2.45) is 4.99 Å². The molecule has 0 aliphatic carbocycles. The number of nitrogens with one attached hydrogen (secondary N) is 2. The smallest absolute Gasteiger partial charge is 0.191 e. The molecule has 0 saturated heterocycles. The molecular formula is C19H28ClN5. The fourth-order valence-electron chi connectivity index (χ4n) is 2.67. The molecule has 2 aromatic rings. The van der Waals surface area contributed by atoms with E-state index in [-0.39, 0.29) is 0 Å². The first-order chi connectivity index (χ1) is 12.1. The Morgan fingerprint density at radius 2 is 2.04 bits per heavy atom. The fourth-order valence-corrected chi connectivity index (χ4v) is 2.90. The number of guanidine groups is 1. The highest BCUT2D eigenvalue weighted by atomic mass is 35.5. The molecule has 5 nitrogen and oxygen atoms in total. The van der Waals surface area contributed by atoms with Gasteiger partial charge in [0, 0.05) is 36.9 Å². The van der Waals surface area contributed by atoms with Gasteiger partial charge in [0.2, 0.25) is 0 Å².